The fraction of sp³-hybridized carbons (Fsp3) is 0.741. The monoisotopic (exact) mass is 881 g/mol. The number of epoxide rings is 3. The second kappa shape index (κ2) is 15.2. The lowest BCUT2D eigenvalue weighted by Crippen LogP contribution is -2.70. The molecular formula is C54H72O10. The maximum Gasteiger partial charge on any atom is 0.306 e. The second-order valence-corrected chi connectivity index (χ2v) is 22.9. The summed E-state index contributed by atoms with van der Waals surface area (Å²) in [7, 11) is 0. The number of unbranched alkanes of at least 4 members (excludes halogenated alkanes) is 1. The van der Waals surface area contributed by atoms with E-state index in [0.717, 1.165) is 61.9 Å². The van der Waals surface area contributed by atoms with Crippen LogP contribution in [-0.2, 0) is 38.0 Å². The molecule has 10 heteroatoms. The molecule has 64 heavy (non-hydrogen) atoms. The molecule has 0 radical (unpaired) electrons. The molecule has 10 nitrogen and oxygen atoms in total. The van der Waals surface area contributed by atoms with Gasteiger partial charge in [0, 0.05) is 24.7 Å². The lowest BCUT2D eigenvalue weighted by molar-refractivity contribution is -0.169. The third kappa shape index (κ3) is 6.33. The number of carbonyl (C=O) groups is 2. The van der Waals surface area contributed by atoms with E-state index in [0.29, 0.717) is 56.0 Å². The zero-order valence-corrected chi connectivity index (χ0v) is 38.9. The van der Waals surface area contributed by atoms with Gasteiger partial charge < -0.3 is 38.6 Å². The number of aliphatic hydroxyl groups excluding tert-OH is 2. The van der Waals surface area contributed by atoms with E-state index < -0.39 is 35.1 Å². The van der Waals surface area contributed by atoms with Crippen molar-refractivity contribution in [2.75, 3.05) is 6.61 Å². The molecule has 348 valence electrons. The van der Waals surface area contributed by atoms with Crippen molar-refractivity contribution in [2.24, 2.45) is 46.3 Å². The van der Waals surface area contributed by atoms with E-state index in [2.05, 4.69) is 72.1 Å². The Bertz CT molecular complexity index is 2130. The molecule has 9 fully saturated rings. The molecule has 6 saturated carbocycles. The molecule has 2 spiro atoms. The SMILES string of the molecule is C=C1OCC2=C1CC[C@@]1(C)[C@H]2C[C@@H]2O[C@@]23[C@H](OC(=O)CCCCC(=O)O[C@H]2C[C@H](O)C/C(=C/C=C4\CCC[C@@]5(C)C4CCC5[C@@H](C)/C=C/C(O)C4CC4)C2=C)[C@@]2(C(C)C)O[C@H]2[C@@H]2O[C@@]231. The second-order valence-electron chi connectivity index (χ2n) is 22.9. The molecule has 0 bridgehead atoms. The minimum absolute atomic E-state index is 0.0880. The van der Waals surface area contributed by atoms with Crippen LogP contribution in [0.25, 0.3) is 0 Å². The summed E-state index contributed by atoms with van der Waals surface area (Å²) in [6.07, 6.45) is 19.2. The average Bonchev–Trinajstić information content (AvgIpc) is 4.09. The molecule has 7 aliphatic carbocycles. The molecule has 0 aromatic heterocycles. The summed E-state index contributed by atoms with van der Waals surface area (Å²) in [5.41, 5.74) is 3.85. The van der Waals surface area contributed by atoms with E-state index in [1.54, 1.807) is 0 Å². The van der Waals surface area contributed by atoms with Crippen LogP contribution < -0.4 is 0 Å². The molecule has 4 heterocycles. The Morgan fingerprint density at radius 2 is 1.66 bits per heavy atom. The maximum absolute atomic E-state index is 13.8. The van der Waals surface area contributed by atoms with Crippen LogP contribution in [0.2, 0.25) is 0 Å². The summed E-state index contributed by atoms with van der Waals surface area (Å²) in [5.74, 6) is 2.49. The molecule has 0 aromatic rings. The van der Waals surface area contributed by atoms with Gasteiger partial charge in [0.2, 0.25) is 0 Å². The van der Waals surface area contributed by atoms with E-state index in [-0.39, 0.29) is 71.9 Å². The van der Waals surface area contributed by atoms with Crippen LogP contribution in [0.1, 0.15) is 137 Å². The van der Waals surface area contributed by atoms with Crippen molar-refractivity contribution in [1.82, 2.24) is 0 Å². The summed E-state index contributed by atoms with van der Waals surface area (Å²) in [4.78, 5) is 27.1. The normalized spacial score (nSPS) is 46.9. The Morgan fingerprint density at radius 1 is 0.891 bits per heavy atom. The smallest absolute Gasteiger partial charge is 0.306 e. The molecular weight excluding hydrogens is 809 g/mol. The lowest BCUT2D eigenvalue weighted by Gasteiger charge is -2.53. The minimum Gasteiger partial charge on any atom is -0.490 e. The Hall–Kier alpha value is -3.02. The van der Waals surface area contributed by atoms with Crippen LogP contribution in [-0.4, -0.2) is 88.3 Å². The van der Waals surface area contributed by atoms with Gasteiger partial charge in [-0.1, -0.05) is 77.7 Å². The molecule has 0 aromatic carbocycles. The number of fused-ring (bicyclic) bond motifs is 5. The fourth-order valence-electron chi connectivity index (χ4n) is 15.6. The van der Waals surface area contributed by atoms with Gasteiger partial charge in [0.15, 0.2) is 11.7 Å². The van der Waals surface area contributed by atoms with Crippen molar-refractivity contribution in [1.29, 1.82) is 0 Å². The van der Waals surface area contributed by atoms with Crippen molar-refractivity contribution >= 4 is 11.9 Å². The molecule has 11 aliphatic rings. The molecule has 3 unspecified atom stereocenters. The van der Waals surface area contributed by atoms with Crippen molar-refractivity contribution in [3.05, 3.63) is 71.1 Å². The Labute approximate surface area is 379 Å². The number of carbonyl (C=O) groups excluding carboxylic acids is 2. The Morgan fingerprint density at radius 3 is 2.41 bits per heavy atom. The summed E-state index contributed by atoms with van der Waals surface area (Å²) < 4.78 is 38.8. The van der Waals surface area contributed by atoms with Crippen molar-refractivity contribution in [3.8, 4) is 0 Å². The van der Waals surface area contributed by atoms with Gasteiger partial charge in [-0.05, 0) is 147 Å². The van der Waals surface area contributed by atoms with Crippen LogP contribution in [0.5, 0.6) is 0 Å². The number of rotatable bonds is 13. The number of ether oxygens (including phenoxy) is 6. The Balaban J connectivity index is 0.693. The summed E-state index contributed by atoms with van der Waals surface area (Å²) in [5, 5.41) is 21.4. The van der Waals surface area contributed by atoms with Gasteiger partial charge in [0.05, 0.1) is 18.3 Å². The average molecular weight is 881 g/mol. The van der Waals surface area contributed by atoms with E-state index in [1.165, 1.54) is 36.0 Å². The topological polar surface area (TPSA) is 140 Å². The van der Waals surface area contributed by atoms with Gasteiger partial charge in [0.1, 0.15) is 41.9 Å². The van der Waals surface area contributed by atoms with Gasteiger partial charge in [0.25, 0.3) is 0 Å². The number of hydrogen-bond donors (Lipinski definition) is 2. The van der Waals surface area contributed by atoms with E-state index in [9.17, 15) is 19.8 Å². The van der Waals surface area contributed by atoms with Gasteiger partial charge in [-0.25, -0.2) is 0 Å². The zero-order valence-electron chi connectivity index (χ0n) is 38.9. The highest BCUT2D eigenvalue weighted by molar-refractivity contribution is 5.72. The Kier molecular flexibility index (Phi) is 10.4. The molecule has 16 atom stereocenters. The number of esters is 2. The highest BCUT2D eigenvalue weighted by atomic mass is 16.8. The summed E-state index contributed by atoms with van der Waals surface area (Å²) >= 11 is 0. The first-order valence-electron chi connectivity index (χ1n) is 25.2. The molecule has 11 rings (SSSR count). The first-order chi connectivity index (χ1) is 30.6. The van der Waals surface area contributed by atoms with E-state index >= 15 is 0 Å². The highest BCUT2D eigenvalue weighted by Crippen LogP contribution is 2.83. The van der Waals surface area contributed by atoms with Crippen LogP contribution in [0.4, 0.5) is 0 Å². The highest BCUT2D eigenvalue weighted by Gasteiger charge is 3.01. The standard InChI is InChI=1S/C54H72O10/c1-29(2)52-47(63-52)48-54(64-48)51(7)24-22-37-32(5)59-28-38(37)41(51)27-44-53(54,62-44)49(52)61-46(58)13-9-8-12-45(57)60-43-26-36(55)25-35(31(43)4)18-15-33-11-10-23-50(6)39(19-20-40(33)50)30(3)14-21-42(56)34-16-17-34/h14-15,18,21,29-30,34,36,39-44,47-49,55-56H,4-5,8-13,16-17,19-20,22-28H2,1-3,6-7H3/b21-14+,33-15+,35-18-/t30-,36+,39?,40?,41-,42?,43-,44-,47-,48-,49+,50+,51-,52-,53+,54+/m0/s1. The first-order valence-corrected chi connectivity index (χ1v) is 25.2. The number of hydrogen-bond acceptors (Lipinski definition) is 10. The number of aliphatic hydroxyl groups is 2. The van der Waals surface area contributed by atoms with Crippen molar-refractivity contribution in [2.45, 2.75) is 197 Å². The van der Waals surface area contributed by atoms with E-state index in [4.69, 9.17) is 28.4 Å². The molecule has 2 N–H and O–H groups in total. The summed E-state index contributed by atoms with van der Waals surface area (Å²) in [6.45, 7) is 20.6. The predicted molar refractivity (Wildman–Crippen MR) is 239 cm³/mol. The van der Waals surface area contributed by atoms with Crippen molar-refractivity contribution < 1.29 is 48.2 Å². The zero-order chi connectivity index (χ0) is 44.7. The molecule has 0 amide bonds. The van der Waals surface area contributed by atoms with Gasteiger partial charge >= 0.3 is 11.9 Å². The molecule has 3 saturated heterocycles. The van der Waals surface area contributed by atoms with Crippen LogP contribution >= 0.6 is 0 Å². The number of allylic oxidation sites excluding steroid dienone is 5. The minimum atomic E-state index is -0.738. The van der Waals surface area contributed by atoms with Crippen LogP contribution in [0.15, 0.2) is 71.1 Å². The van der Waals surface area contributed by atoms with Crippen molar-refractivity contribution in [3.63, 3.8) is 0 Å². The third-order valence-electron chi connectivity index (χ3n) is 19.4. The van der Waals surface area contributed by atoms with Crippen LogP contribution in [0.3, 0.4) is 0 Å². The quantitative estimate of drug-likeness (QED) is 0.0799. The fourth-order valence-corrected chi connectivity index (χ4v) is 15.6. The van der Waals surface area contributed by atoms with Gasteiger partial charge in [-0.2, -0.15) is 0 Å². The predicted octanol–water partition coefficient (Wildman–Crippen LogP) is 8.86. The first kappa shape index (κ1) is 43.5. The third-order valence-corrected chi connectivity index (χ3v) is 19.4. The molecule has 4 aliphatic heterocycles. The lowest BCUT2D eigenvalue weighted by atomic mass is 9.46. The van der Waals surface area contributed by atoms with Gasteiger partial charge in [-0.15, -0.1) is 0 Å². The van der Waals surface area contributed by atoms with E-state index in [1.807, 2.05) is 0 Å². The largest absolute Gasteiger partial charge is 0.490 e. The van der Waals surface area contributed by atoms with Gasteiger partial charge in [-0.3, -0.25) is 9.59 Å². The summed E-state index contributed by atoms with van der Waals surface area (Å²) in [6, 6.07) is 0. The maximum atomic E-state index is 13.8. The van der Waals surface area contributed by atoms with Crippen LogP contribution in [0, 0.1) is 46.3 Å².